The van der Waals surface area contributed by atoms with E-state index < -0.39 is 41.6 Å². The van der Waals surface area contributed by atoms with Crippen molar-refractivity contribution in [2.75, 3.05) is 38.3 Å². The van der Waals surface area contributed by atoms with Crippen molar-refractivity contribution in [3.63, 3.8) is 0 Å². The van der Waals surface area contributed by atoms with E-state index in [1.54, 1.807) is 18.1 Å². The van der Waals surface area contributed by atoms with Crippen LogP contribution in [0.25, 0.3) is 0 Å². The first-order valence-electron chi connectivity index (χ1n) is 12.5. The van der Waals surface area contributed by atoms with E-state index in [1.165, 1.54) is 17.3 Å². The molecule has 11 heteroatoms. The fourth-order valence-electron chi connectivity index (χ4n) is 6.44. The number of ether oxygens (including phenoxy) is 2. The number of para-hydroxylation sites is 1. The summed E-state index contributed by atoms with van der Waals surface area (Å²) in [6, 6.07) is 7.85. The summed E-state index contributed by atoms with van der Waals surface area (Å²) < 4.78 is 41.7. The van der Waals surface area contributed by atoms with Crippen LogP contribution in [-0.4, -0.2) is 76.7 Å². The van der Waals surface area contributed by atoms with Gasteiger partial charge < -0.3 is 29.5 Å². The van der Waals surface area contributed by atoms with E-state index >= 15 is 4.39 Å². The molecule has 4 unspecified atom stereocenters. The highest BCUT2D eigenvalue weighted by atomic mass is 19.2. The topological polar surface area (TPSA) is 89.0 Å². The van der Waals surface area contributed by atoms with Crippen molar-refractivity contribution in [3.8, 4) is 0 Å². The number of hydrazine groups is 1. The van der Waals surface area contributed by atoms with E-state index in [0.29, 0.717) is 18.7 Å². The Morgan fingerprint density at radius 1 is 1.13 bits per heavy atom. The van der Waals surface area contributed by atoms with Gasteiger partial charge in [-0.05, 0) is 23.3 Å². The maximum absolute atomic E-state index is 15.5. The molecule has 2 saturated heterocycles. The van der Waals surface area contributed by atoms with Gasteiger partial charge in [0, 0.05) is 49.8 Å². The molecular formula is C27H26F2N4O5. The lowest BCUT2D eigenvalue weighted by Gasteiger charge is -2.55. The second kappa shape index (κ2) is 8.50. The first-order chi connectivity index (χ1) is 18.4. The normalized spacial score (nSPS) is 28.2. The number of amides is 1. The molecule has 5 aliphatic heterocycles. The molecule has 0 saturated carbocycles. The fraction of sp³-hybridized carbons (Fsp3) is 0.370. The number of morpholine rings is 1. The van der Waals surface area contributed by atoms with Gasteiger partial charge in [-0.3, -0.25) is 9.80 Å². The highest BCUT2D eigenvalue weighted by Gasteiger charge is 2.51. The third kappa shape index (κ3) is 3.13. The first-order valence-corrected chi connectivity index (χ1v) is 12.5. The number of anilines is 1. The number of methoxy groups -OCH3 is 1. The van der Waals surface area contributed by atoms with Crippen LogP contribution >= 0.6 is 0 Å². The molecular weight excluding hydrogens is 498 g/mol. The maximum Gasteiger partial charge on any atom is 0.277 e. The highest BCUT2D eigenvalue weighted by molar-refractivity contribution is 5.95. The third-order valence-corrected chi connectivity index (χ3v) is 8.15. The smallest absolute Gasteiger partial charge is 0.277 e. The Bertz CT molecular complexity index is 1410. The van der Waals surface area contributed by atoms with Crippen LogP contribution in [0.5, 0.6) is 0 Å². The molecule has 4 atom stereocenters. The van der Waals surface area contributed by atoms with Crippen LogP contribution in [0.4, 0.5) is 14.5 Å². The van der Waals surface area contributed by atoms with Gasteiger partial charge in [0.15, 0.2) is 23.1 Å². The Morgan fingerprint density at radius 2 is 1.95 bits per heavy atom. The Morgan fingerprint density at radius 3 is 2.76 bits per heavy atom. The van der Waals surface area contributed by atoms with E-state index in [9.17, 15) is 19.4 Å². The van der Waals surface area contributed by atoms with Gasteiger partial charge in [0.1, 0.15) is 18.4 Å². The zero-order valence-electron chi connectivity index (χ0n) is 20.6. The van der Waals surface area contributed by atoms with Gasteiger partial charge in [-0.1, -0.05) is 24.3 Å². The summed E-state index contributed by atoms with van der Waals surface area (Å²) in [4.78, 5) is 17.1. The molecule has 9 nitrogen and oxygen atoms in total. The molecule has 2 aromatic carbocycles. The van der Waals surface area contributed by atoms with Gasteiger partial charge in [0.05, 0.1) is 19.3 Å². The second-order valence-corrected chi connectivity index (χ2v) is 10.0. The van der Waals surface area contributed by atoms with Gasteiger partial charge >= 0.3 is 0 Å². The summed E-state index contributed by atoms with van der Waals surface area (Å²) in [6.07, 6.45) is 0.722. The van der Waals surface area contributed by atoms with Crippen LogP contribution in [0.15, 0.2) is 54.1 Å². The first kappa shape index (κ1) is 23.6. The number of halogens is 2. The Kier molecular flexibility index (Phi) is 5.28. The predicted molar refractivity (Wildman–Crippen MR) is 130 cm³/mol. The van der Waals surface area contributed by atoms with Gasteiger partial charge in [-0.25, -0.2) is 8.78 Å². The zero-order chi connectivity index (χ0) is 26.3. The largest absolute Gasteiger partial charge is 0.507 e. The maximum atomic E-state index is 15.5. The summed E-state index contributed by atoms with van der Waals surface area (Å²) in [5, 5.41) is 24.6. The van der Waals surface area contributed by atoms with E-state index in [1.807, 2.05) is 28.1 Å². The molecule has 2 fully saturated rings. The number of fused-ring (bicyclic) bond motifs is 3. The number of carbonyl (C=O) groups excluding carboxylic acids is 1. The van der Waals surface area contributed by atoms with Crippen molar-refractivity contribution >= 4 is 11.6 Å². The standard InChI is InChI=1S/C27H26F2N4O5/c1-37-20-12-30-11-17-14(5-6-18(28)22(17)29)24(16-4-2-3-15(20)23(16)30)33-21-13-38-10-9-31(21)27(36)25-26(35)19(34)7-8-32(25)33/h2-8,19-21,24,34-35H,9-13H2,1H3. The van der Waals surface area contributed by atoms with Gasteiger partial charge in [-0.2, -0.15) is 5.01 Å². The number of aliphatic hydroxyl groups is 2. The summed E-state index contributed by atoms with van der Waals surface area (Å²) >= 11 is 0. The third-order valence-electron chi connectivity index (χ3n) is 8.15. The number of hydrogen-bond acceptors (Lipinski definition) is 8. The zero-order valence-corrected chi connectivity index (χ0v) is 20.6. The van der Waals surface area contributed by atoms with Crippen LogP contribution in [0, 0.1) is 11.6 Å². The SMILES string of the molecule is COC1CN2Cc3c(ccc(F)c3F)C(N3C4COCCN4C(=O)C4=C(O)C(O)C=CN43)c3cccc1c32. The molecule has 198 valence electrons. The molecule has 38 heavy (non-hydrogen) atoms. The van der Waals surface area contributed by atoms with Crippen molar-refractivity contribution in [1.29, 1.82) is 0 Å². The fourth-order valence-corrected chi connectivity index (χ4v) is 6.44. The number of hydrogen-bond donors (Lipinski definition) is 2. The Balaban J connectivity index is 1.51. The Labute approximate surface area is 217 Å². The average molecular weight is 525 g/mol. The molecule has 0 spiro atoms. The van der Waals surface area contributed by atoms with Crippen LogP contribution in [0.3, 0.4) is 0 Å². The van der Waals surface area contributed by atoms with Crippen molar-refractivity contribution in [2.45, 2.75) is 31.0 Å². The van der Waals surface area contributed by atoms with E-state index in [2.05, 4.69) is 0 Å². The van der Waals surface area contributed by atoms with Crippen LogP contribution in [-0.2, 0) is 20.8 Å². The lowest BCUT2D eigenvalue weighted by Crippen LogP contribution is -2.67. The van der Waals surface area contributed by atoms with Crippen LogP contribution in [0.2, 0.25) is 0 Å². The van der Waals surface area contributed by atoms with Gasteiger partial charge in [0.25, 0.3) is 5.91 Å². The summed E-state index contributed by atoms with van der Waals surface area (Å²) in [6.45, 7) is 1.37. The lowest BCUT2D eigenvalue weighted by molar-refractivity contribution is -0.190. The molecule has 5 heterocycles. The highest BCUT2D eigenvalue weighted by Crippen LogP contribution is 2.51. The van der Waals surface area contributed by atoms with Crippen molar-refractivity contribution in [3.05, 3.63) is 88.0 Å². The van der Waals surface area contributed by atoms with Crippen molar-refractivity contribution in [2.24, 2.45) is 0 Å². The van der Waals surface area contributed by atoms with Gasteiger partial charge in [0.2, 0.25) is 0 Å². The lowest BCUT2D eigenvalue weighted by atomic mass is 9.91. The summed E-state index contributed by atoms with van der Waals surface area (Å²) in [5.41, 5.74) is 3.31. The number of rotatable bonds is 2. The molecule has 0 radical (unpaired) electrons. The minimum absolute atomic E-state index is 0.0780. The molecule has 7 rings (SSSR count). The average Bonchev–Trinajstić information content (AvgIpc) is 3.22. The summed E-state index contributed by atoms with van der Waals surface area (Å²) in [7, 11) is 1.62. The number of carbonyl (C=O) groups is 1. The molecule has 1 amide bonds. The number of nitrogens with zero attached hydrogens (tertiary/aromatic N) is 4. The molecule has 0 aliphatic carbocycles. The van der Waals surface area contributed by atoms with Crippen molar-refractivity contribution in [1.82, 2.24) is 14.9 Å². The quantitative estimate of drug-likeness (QED) is 0.620. The number of aliphatic hydroxyl groups excluding tert-OH is 2. The second-order valence-electron chi connectivity index (χ2n) is 10.0. The van der Waals surface area contributed by atoms with Crippen LogP contribution in [0.1, 0.15) is 34.4 Å². The van der Waals surface area contributed by atoms with Crippen molar-refractivity contribution < 1.29 is 33.3 Å². The monoisotopic (exact) mass is 524 g/mol. The van der Waals surface area contributed by atoms with E-state index in [0.717, 1.165) is 22.9 Å². The van der Waals surface area contributed by atoms with Gasteiger partial charge in [-0.15, -0.1) is 0 Å². The molecule has 2 N–H and O–H groups in total. The predicted octanol–water partition coefficient (Wildman–Crippen LogP) is 2.45. The van der Waals surface area contributed by atoms with Crippen LogP contribution < -0.4 is 4.90 Å². The van der Waals surface area contributed by atoms with E-state index in [4.69, 9.17) is 9.47 Å². The molecule has 0 bridgehead atoms. The Hall–Kier alpha value is -3.51. The minimum atomic E-state index is -1.34. The molecule has 2 aromatic rings. The minimum Gasteiger partial charge on any atom is -0.507 e. The number of benzene rings is 2. The summed E-state index contributed by atoms with van der Waals surface area (Å²) in [5.74, 6) is -2.76. The molecule has 0 aromatic heterocycles. The van der Waals surface area contributed by atoms with E-state index in [-0.39, 0.29) is 37.1 Å². The molecule has 5 aliphatic rings.